The van der Waals surface area contributed by atoms with Gasteiger partial charge in [-0.3, -0.25) is 0 Å². The number of hydrogen-bond donors (Lipinski definition) is 0. The van der Waals surface area contributed by atoms with Gasteiger partial charge in [-0.25, -0.2) is 0 Å². The molecule has 1 atom stereocenters. The van der Waals surface area contributed by atoms with Crippen LogP contribution in [0.1, 0.15) is 25.7 Å². The van der Waals surface area contributed by atoms with Gasteiger partial charge in [0.2, 0.25) is 0 Å². The lowest BCUT2D eigenvalue weighted by Crippen LogP contribution is -2.33. The Morgan fingerprint density at radius 1 is 1.13 bits per heavy atom. The second-order valence-corrected chi connectivity index (χ2v) is 4.02. The van der Waals surface area contributed by atoms with Crippen LogP contribution in [0, 0.1) is 11.3 Å². The van der Waals surface area contributed by atoms with Crippen molar-refractivity contribution in [1.29, 1.82) is 5.26 Å². The smallest absolute Gasteiger partial charge is 0.116 e. The van der Waals surface area contributed by atoms with E-state index in [2.05, 4.69) is 23.1 Å². The molecule has 0 N–H and O–H groups in total. The highest BCUT2D eigenvalue weighted by Gasteiger charge is 2.20. The van der Waals surface area contributed by atoms with Gasteiger partial charge in [0.1, 0.15) is 6.04 Å². The molecule has 0 amide bonds. The lowest BCUT2D eigenvalue weighted by molar-refractivity contribution is 0.672. The van der Waals surface area contributed by atoms with Crippen LogP contribution in [-0.2, 0) is 0 Å². The Hall–Kier alpha value is -1.49. The first-order valence-corrected chi connectivity index (χ1v) is 5.63. The Morgan fingerprint density at radius 2 is 1.93 bits per heavy atom. The fourth-order valence-electron chi connectivity index (χ4n) is 2.17. The van der Waals surface area contributed by atoms with Crippen LogP contribution in [0.25, 0.3) is 0 Å². The summed E-state index contributed by atoms with van der Waals surface area (Å²) in [5, 5.41) is 9.16. The molecule has 78 valence electrons. The average Bonchev–Trinajstić information content (AvgIpc) is 2.55. The number of para-hydroxylation sites is 1. The minimum absolute atomic E-state index is 0.0647. The highest BCUT2D eigenvalue weighted by molar-refractivity contribution is 5.48. The van der Waals surface area contributed by atoms with Gasteiger partial charge in [0.05, 0.1) is 6.07 Å². The summed E-state index contributed by atoms with van der Waals surface area (Å²) in [6.45, 7) is 1.02. The van der Waals surface area contributed by atoms with Crippen LogP contribution in [0.15, 0.2) is 30.3 Å². The zero-order chi connectivity index (χ0) is 10.5. The van der Waals surface area contributed by atoms with Gasteiger partial charge in [-0.1, -0.05) is 31.0 Å². The molecule has 2 nitrogen and oxygen atoms in total. The maximum atomic E-state index is 9.16. The van der Waals surface area contributed by atoms with Crippen molar-refractivity contribution in [2.75, 3.05) is 11.4 Å². The monoisotopic (exact) mass is 200 g/mol. The molecule has 0 bridgehead atoms. The van der Waals surface area contributed by atoms with E-state index in [-0.39, 0.29) is 6.04 Å². The summed E-state index contributed by atoms with van der Waals surface area (Å²) < 4.78 is 0. The van der Waals surface area contributed by atoms with E-state index in [1.807, 2.05) is 18.2 Å². The van der Waals surface area contributed by atoms with Crippen molar-refractivity contribution in [3.05, 3.63) is 30.3 Å². The zero-order valence-corrected chi connectivity index (χ0v) is 8.89. The van der Waals surface area contributed by atoms with E-state index in [4.69, 9.17) is 5.26 Å². The van der Waals surface area contributed by atoms with E-state index < -0.39 is 0 Å². The first kappa shape index (κ1) is 10.0. The normalized spacial score (nSPS) is 21.8. The summed E-state index contributed by atoms with van der Waals surface area (Å²) >= 11 is 0. The number of nitrogens with zero attached hydrogens (tertiary/aromatic N) is 2. The zero-order valence-electron chi connectivity index (χ0n) is 8.89. The molecule has 1 fully saturated rings. The van der Waals surface area contributed by atoms with Gasteiger partial charge < -0.3 is 4.90 Å². The number of nitriles is 1. The highest BCUT2D eigenvalue weighted by atomic mass is 15.2. The van der Waals surface area contributed by atoms with Crippen LogP contribution in [-0.4, -0.2) is 12.6 Å². The summed E-state index contributed by atoms with van der Waals surface area (Å²) in [7, 11) is 0. The van der Waals surface area contributed by atoms with Crippen LogP contribution in [0.2, 0.25) is 0 Å². The number of hydrogen-bond acceptors (Lipinski definition) is 2. The minimum atomic E-state index is 0.0647. The lowest BCUT2D eigenvalue weighted by atomic mass is 10.1. The summed E-state index contributed by atoms with van der Waals surface area (Å²) in [5.41, 5.74) is 1.19. The Kier molecular flexibility index (Phi) is 3.24. The number of benzene rings is 1. The molecule has 15 heavy (non-hydrogen) atoms. The van der Waals surface area contributed by atoms with Crippen molar-refractivity contribution in [2.24, 2.45) is 0 Å². The SMILES string of the molecule is N#CC1CCCCCN1c1ccccc1. The third-order valence-corrected chi connectivity index (χ3v) is 2.99. The van der Waals surface area contributed by atoms with E-state index in [0.717, 1.165) is 13.0 Å². The first-order chi connectivity index (χ1) is 7.42. The maximum Gasteiger partial charge on any atom is 0.116 e. The summed E-state index contributed by atoms with van der Waals surface area (Å²) in [5.74, 6) is 0. The predicted molar refractivity (Wildman–Crippen MR) is 61.7 cm³/mol. The minimum Gasteiger partial charge on any atom is -0.356 e. The van der Waals surface area contributed by atoms with Crippen molar-refractivity contribution in [3.63, 3.8) is 0 Å². The molecule has 2 rings (SSSR count). The second kappa shape index (κ2) is 4.84. The van der Waals surface area contributed by atoms with Gasteiger partial charge >= 0.3 is 0 Å². The van der Waals surface area contributed by atoms with Crippen molar-refractivity contribution in [3.8, 4) is 6.07 Å². The third kappa shape index (κ3) is 2.30. The van der Waals surface area contributed by atoms with E-state index in [0.29, 0.717) is 0 Å². The van der Waals surface area contributed by atoms with E-state index >= 15 is 0 Å². The van der Waals surface area contributed by atoms with Gasteiger partial charge in [0.15, 0.2) is 0 Å². The molecule has 1 heterocycles. The molecule has 2 heteroatoms. The van der Waals surface area contributed by atoms with Gasteiger partial charge in [-0.2, -0.15) is 5.26 Å². The van der Waals surface area contributed by atoms with Crippen LogP contribution < -0.4 is 4.90 Å². The molecule has 1 aromatic rings. The molecule has 1 unspecified atom stereocenters. The molecule has 1 saturated heterocycles. The van der Waals surface area contributed by atoms with Gasteiger partial charge in [0, 0.05) is 12.2 Å². The van der Waals surface area contributed by atoms with Crippen molar-refractivity contribution < 1.29 is 0 Å². The fourth-order valence-corrected chi connectivity index (χ4v) is 2.17. The Labute approximate surface area is 91.1 Å². The average molecular weight is 200 g/mol. The Morgan fingerprint density at radius 3 is 2.67 bits per heavy atom. The predicted octanol–water partition coefficient (Wildman–Crippen LogP) is 2.96. The quantitative estimate of drug-likeness (QED) is 0.697. The van der Waals surface area contributed by atoms with Gasteiger partial charge in [-0.05, 0) is 25.0 Å². The number of rotatable bonds is 1. The molecule has 0 radical (unpaired) electrons. The topological polar surface area (TPSA) is 27.0 Å². The Balaban J connectivity index is 2.21. The molecule has 1 aliphatic rings. The molecule has 0 aliphatic carbocycles. The lowest BCUT2D eigenvalue weighted by Gasteiger charge is -2.27. The van der Waals surface area contributed by atoms with E-state index in [1.165, 1.54) is 24.9 Å². The second-order valence-electron chi connectivity index (χ2n) is 4.02. The van der Waals surface area contributed by atoms with Crippen LogP contribution >= 0.6 is 0 Å². The van der Waals surface area contributed by atoms with E-state index in [1.54, 1.807) is 0 Å². The fraction of sp³-hybridized carbons (Fsp3) is 0.462. The van der Waals surface area contributed by atoms with Crippen LogP contribution in [0.4, 0.5) is 5.69 Å². The molecule has 0 saturated carbocycles. The molecule has 1 aromatic carbocycles. The third-order valence-electron chi connectivity index (χ3n) is 2.99. The standard InChI is InChI=1S/C13H16N2/c14-11-13-9-5-2-6-10-15(13)12-7-3-1-4-8-12/h1,3-4,7-8,13H,2,5-6,9-10H2. The van der Waals surface area contributed by atoms with Crippen molar-refractivity contribution in [2.45, 2.75) is 31.7 Å². The van der Waals surface area contributed by atoms with Crippen molar-refractivity contribution in [1.82, 2.24) is 0 Å². The Bertz CT molecular complexity index is 339. The molecular formula is C13H16N2. The first-order valence-electron chi connectivity index (χ1n) is 5.63. The molecule has 0 spiro atoms. The molecule has 0 aromatic heterocycles. The summed E-state index contributed by atoms with van der Waals surface area (Å²) in [4.78, 5) is 2.24. The van der Waals surface area contributed by atoms with Crippen LogP contribution in [0.5, 0.6) is 0 Å². The molecular weight excluding hydrogens is 184 g/mol. The largest absolute Gasteiger partial charge is 0.356 e. The van der Waals surface area contributed by atoms with Crippen LogP contribution in [0.3, 0.4) is 0 Å². The van der Waals surface area contributed by atoms with Gasteiger partial charge in [-0.15, -0.1) is 0 Å². The van der Waals surface area contributed by atoms with E-state index in [9.17, 15) is 0 Å². The van der Waals surface area contributed by atoms with Gasteiger partial charge in [0.25, 0.3) is 0 Å². The molecule has 1 aliphatic heterocycles. The summed E-state index contributed by atoms with van der Waals surface area (Å²) in [6.07, 6.45) is 4.64. The van der Waals surface area contributed by atoms with Crippen molar-refractivity contribution >= 4 is 5.69 Å². The number of anilines is 1. The maximum absolute atomic E-state index is 9.16. The highest BCUT2D eigenvalue weighted by Crippen LogP contribution is 2.23. The summed E-state index contributed by atoms with van der Waals surface area (Å²) in [6, 6.07) is 12.8.